The molecule has 4 nitrogen and oxygen atoms in total. The van der Waals surface area contributed by atoms with Gasteiger partial charge in [-0.25, -0.2) is 0 Å². The standard InChI is InChI=1S/C19H27NO3/c1-2-23-19(22)17(20-12-6-3-7-13-20)16-11-10-14-8-4-5-9-15(14)18(16)21/h4-5,8-9,16-18,21H,2-3,6-7,10-13H2,1H3/t16-,17+,18+/m1/s1. The average Bonchev–Trinajstić information content (AvgIpc) is 2.59. The number of fused-ring (bicyclic) bond motifs is 1. The van der Waals surface area contributed by atoms with Gasteiger partial charge in [-0.1, -0.05) is 30.7 Å². The summed E-state index contributed by atoms with van der Waals surface area (Å²) in [6, 6.07) is 7.72. The number of hydrogen-bond acceptors (Lipinski definition) is 4. The Balaban J connectivity index is 1.85. The van der Waals surface area contributed by atoms with Crippen LogP contribution < -0.4 is 0 Å². The van der Waals surface area contributed by atoms with Gasteiger partial charge in [-0.3, -0.25) is 9.69 Å². The highest BCUT2D eigenvalue weighted by atomic mass is 16.5. The summed E-state index contributed by atoms with van der Waals surface area (Å²) in [6.45, 7) is 4.09. The van der Waals surface area contributed by atoms with Crippen molar-refractivity contribution in [3.63, 3.8) is 0 Å². The Hall–Kier alpha value is -1.39. The molecular weight excluding hydrogens is 290 g/mol. The summed E-state index contributed by atoms with van der Waals surface area (Å²) in [6.07, 6.45) is 4.63. The molecule has 0 aromatic heterocycles. The molecule has 1 fully saturated rings. The van der Waals surface area contributed by atoms with Gasteiger partial charge in [-0.05, 0) is 56.8 Å². The highest BCUT2D eigenvalue weighted by molar-refractivity contribution is 5.76. The number of ether oxygens (including phenoxy) is 1. The maximum absolute atomic E-state index is 12.6. The topological polar surface area (TPSA) is 49.8 Å². The van der Waals surface area contributed by atoms with Crippen LogP contribution in [-0.4, -0.2) is 41.7 Å². The van der Waals surface area contributed by atoms with Gasteiger partial charge < -0.3 is 9.84 Å². The summed E-state index contributed by atoms with van der Waals surface area (Å²) < 4.78 is 5.36. The second-order valence-electron chi connectivity index (χ2n) is 6.64. The number of likely N-dealkylation sites (tertiary alicyclic amines) is 1. The number of rotatable bonds is 4. The number of aryl methyl sites for hydroxylation is 1. The lowest BCUT2D eigenvalue weighted by Gasteiger charge is -2.41. The maximum atomic E-state index is 12.6. The summed E-state index contributed by atoms with van der Waals surface area (Å²) in [7, 11) is 0. The van der Waals surface area contributed by atoms with Crippen molar-refractivity contribution in [1.82, 2.24) is 4.90 Å². The zero-order valence-electron chi connectivity index (χ0n) is 13.9. The molecule has 2 aliphatic rings. The monoisotopic (exact) mass is 317 g/mol. The van der Waals surface area contributed by atoms with Crippen LogP contribution in [0.3, 0.4) is 0 Å². The Bertz CT molecular complexity index is 539. The minimum Gasteiger partial charge on any atom is -0.465 e. The summed E-state index contributed by atoms with van der Waals surface area (Å²) in [5, 5.41) is 10.9. The second kappa shape index (κ2) is 7.45. The van der Waals surface area contributed by atoms with Crippen LogP contribution in [0, 0.1) is 5.92 Å². The van der Waals surface area contributed by atoms with Gasteiger partial charge in [-0.15, -0.1) is 0 Å². The smallest absolute Gasteiger partial charge is 0.323 e. The molecule has 23 heavy (non-hydrogen) atoms. The van der Waals surface area contributed by atoms with E-state index in [1.807, 2.05) is 25.1 Å². The number of carbonyl (C=O) groups excluding carboxylic acids is 1. The summed E-state index contributed by atoms with van der Waals surface area (Å²) in [5.41, 5.74) is 2.19. The minimum atomic E-state index is -0.587. The number of aliphatic hydroxyl groups excluding tert-OH is 1. The molecule has 1 heterocycles. The Morgan fingerprint density at radius 2 is 2.04 bits per heavy atom. The molecule has 0 spiro atoms. The SMILES string of the molecule is CCOC(=O)[C@H]([C@H]1CCc2ccccc2[C@@H]1O)N1CCCCC1. The predicted octanol–water partition coefficient (Wildman–Crippen LogP) is 2.70. The second-order valence-corrected chi connectivity index (χ2v) is 6.64. The summed E-state index contributed by atoms with van der Waals surface area (Å²) in [5.74, 6) is -0.250. The number of piperidine rings is 1. The van der Waals surface area contributed by atoms with E-state index in [1.165, 1.54) is 12.0 Å². The fraction of sp³-hybridized carbons (Fsp3) is 0.632. The average molecular weight is 317 g/mol. The number of aliphatic hydroxyl groups is 1. The molecule has 1 aliphatic carbocycles. The van der Waals surface area contributed by atoms with Crippen molar-refractivity contribution in [2.45, 2.75) is 51.2 Å². The molecule has 126 valence electrons. The molecule has 0 radical (unpaired) electrons. The Morgan fingerprint density at radius 1 is 1.30 bits per heavy atom. The lowest BCUT2D eigenvalue weighted by molar-refractivity contribution is -0.155. The number of hydrogen-bond donors (Lipinski definition) is 1. The van der Waals surface area contributed by atoms with Gasteiger partial charge in [0.1, 0.15) is 6.04 Å². The van der Waals surface area contributed by atoms with Gasteiger partial charge in [0.05, 0.1) is 12.7 Å². The van der Waals surface area contributed by atoms with E-state index in [2.05, 4.69) is 11.0 Å². The van der Waals surface area contributed by atoms with Crippen LogP contribution in [0.2, 0.25) is 0 Å². The molecule has 0 amide bonds. The summed E-state index contributed by atoms with van der Waals surface area (Å²) >= 11 is 0. The fourth-order valence-corrected chi connectivity index (χ4v) is 4.11. The van der Waals surface area contributed by atoms with E-state index in [0.29, 0.717) is 6.61 Å². The molecule has 1 aliphatic heterocycles. The van der Waals surface area contributed by atoms with Gasteiger partial charge >= 0.3 is 5.97 Å². The summed E-state index contributed by atoms with van der Waals surface area (Å²) in [4.78, 5) is 14.9. The van der Waals surface area contributed by atoms with Crippen molar-refractivity contribution in [2.24, 2.45) is 5.92 Å². The van der Waals surface area contributed by atoms with Crippen molar-refractivity contribution >= 4 is 5.97 Å². The molecule has 0 bridgehead atoms. The molecule has 3 rings (SSSR count). The zero-order chi connectivity index (χ0) is 16.2. The third-order valence-electron chi connectivity index (χ3n) is 5.24. The van der Waals surface area contributed by atoms with Crippen molar-refractivity contribution in [3.8, 4) is 0 Å². The molecule has 1 N–H and O–H groups in total. The van der Waals surface area contributed by atoms with E-state index in [1.54, 1.807) is 0 Å². The van der Waals surface area contributed by atoms with Crippen molar-refractivity contribution in [2.75, 3.05) is 19.7 Å². The fourth-order valence-electron chi connectivity index (χ4n) is 4.11. The molecule has 3 atom stereocenters. The first-order chi connectivity index (χ1) is 11.2. The van der Waals surface area contributed by atoms with Gasteiger partial charge in [0, 0.05) is 5.92 Å². The van der Waals surface area contributed by atoms with Gasteiger partial charge in [-0.2, -0.15) is 0 Å². The van der Waals surface area contributed by atoms with Crippen molar-refractivity contribution in [1.29, 1.82) is 0 Å². The highest BCUT2D eigenvalue weighted by Gasteiger charge is 2.41. The predicted molar refractivity (Wildman–Crippen MR) is 89.1 cm³/mol. The van der Waals surface area contributed by atoms with E-state index in [-0.39, 0.29) is 17.9 Å². The number of carbonyl (C=O) groups is 1. The van der Waals surface area contributed by atoms with Crippen LogP contribution in [0.1, 0.15) is 49.8 Å². The Kier molecular flexibility index (Phi) is 5.34. The van der Waals surface area contributed by atoms with E-state index in [0.717, 1.165) is 44.3 Å². The minimum absolute atomic E-state index is 0.0814. The van der Waals surface area contributed by atoms with Crippen molar-refractivity contribution in [3.05, 3.63) is 35.4 Å². The number of benzene rings is 1. The molecule has 1 aromatic rings. The van der Waals surface area contributed by atoms with Crippen LogP contribution >= 0.6 is 0 Å². The first-order valence-corrected chi connectivity index (χ1v) is 8.89. The van der Waals surface area contributed by atoms with Crippen LogP contribution in [0.5, 0.6) is 0 Å². The number of nitrogens with zero attached hydrogens (tertiary/aromatic N) is 1. The number of esters is 1. The van der Waals surface area contributed by atoms with Crippen LogP contribution in [0.25, 0.3) is 0 Å². The molecule has 4 heteroatoms. The lowest BCUT2D eigenvalue weighted by atomic mass is 9.77. The molecule has 1 saturated heterocycles. The van der Waals surface area contributed by atoms with Crippen LogP contribution in [0.4, 0.5) is 0 Å². The Labute approximate surface area is 138 Å². The molecule has 1 aromatic carbocycles. The quantitative estimate of drug-likeness (QED) is 0.868. The van der Waals surface area contributed by atoms with E-state index in [4.69, 9.17) is 4.74 Å². The molecule has 0 unspecified atom stereocenters. The van der Waals surface area contributed by atoms with Crippen LogP contribution in [0.15, 0.2) is 24.3 Å². The third-order valence-corrected chi connectivity index (χ3v) is 5.24. The molecular formula is C19H27NO3. The van der Waals surface area contributed by atoms with Crippen molar-refractivity contribution < 1.29 is 14.6 Å². The highest BCUT2D eigenvalue weighted by Crippen LogP contribution is 2.38. The van der Waals surface area contributed by atoms with E-state index in [9.17, 15) is 9.90 Å². The van der Waals surface area contributed by atoms with Gasteiger partial charge in [0.25, 0.3) is 0 Å². The lowest BCUT2D eigenvalue weighted by Crippen LogP contribution is -2.51. The zero-order valence-corrected chi connectivity index (χ0v) is 13.9. The normalized spacial score (nSPS) is 26.3. The van der Waals surface area contributed by atoms with E-state index < -0.39 is 6.10 Å². The maximum Gasteiger partial charge on any atom is 0.323 e. The van der Waals surface area contributed by atoms with Gasteiger partial charge in [0.15, 0.2) is 0 Å². The van der Waals surface area contributed by atoms with Gasteiger partial charge in [0.2, 0.25) is 0 Å². The molecule has 0 saturated carbocycles. The third kappa shape index (κ3) is 3.43. The van der Waals surface area contributed by atoms with E-state index >= 15 is 0 Å². The first-order valence-electron chi connectivity index (χ1n) is 8.89. The largest absolute Gasteiger partial charge is 0.465 e. The first kappa shape index (κ1) is 16.5. The van der Waals surface area contributed by atoms with Crippen LogP contribution in [-0.2, 0) is 16.0 Å². The Morgan fingerprint density at radius 3 is 2.78 bits per heavy atom.